The number of hydrogen-bond donors (Lipinski definition) is 2. The van der Waals surface area contributed by atoms with E-state index in [9.17, 15) is 4.79 Å². The Labute approximate surface area is 139 Å². The Bertz CT molecular complexity index is 725. The fourth-order valence-corrected chi connectivity index (χ4v) is 2.29. The van der Waals surface area contributed by atoms with Gasteiger partial charge in [-0.15, -0.1) is 12.4 Å². The summed E-state index contributed by atoms with van der Waals surface area (Å²) in [6.07, 6.45) is 2.26. The molecule has 1 atom stereocenters. The van der Waals surface area contributed by atoms with Gasteiger partial charge in [-0.25, -0.2) is 0 Å². The van der Waals surface area contributed by atoms with Gasteiger partial charge in [0.1, 0.15) is 12.4 Å². The third-order valence-electron chi connectivity index (χ3n) is 3.44. The van der Waals surface area contributed by atoms with Crippen LogP contribution in [0.5, 0.6) is 5.75 Å². The van der Waals surface area contributed by atoms with Crippen molar-refractivity contribution in [1.29, 1.82) is 0 Å². The number of nitrogens with zero attached hydrogens (tertiary/aromatic N) is 1. The highest BCUT2D eigenvalue weighted by Gasteiger charge is 2.21. The zero-order valence-electron chi connectivity index (χ0n) is 12.4. The molecule has 0 bridgehead atoms. The molecular weight excluding hydrogens is 318 g/mol. The SMILES string of the molecule is Cl.NCC1=NOC(COc2ccccc2-c2ccc(=O)[nH]c2)C1. The van der Waals surface area contributed by atoms with Crippen LogP contribution >= 0.6 is 12.4 Å². The van der Waals surface area contributed by atoms with E-state index in [0.717, 1.165) is 22.6 Å². The topological polar surface area (TPSA) is 89.7 Å². The number of rotatable bonds is 5. The number of para-hydroxylation sites is 1. The van der Waals surface area contributed by atoms with Gasteiger partial charge in [-0.05, 0) is 12.1 Å². The second-order valence-corrected chi connectivity index (χ2v) is 5.04. The van der Waals surface area contributed by atoms with E-state index in [4.69, 9.17) is 15.3 Å². The number of pyridine rings is 1. The van der Waals surface area contributed by atoms with E-state index < -0.39 is 0 Å². The van der Waals surface area contributed by atoms with Gasteiger partial charge in [-0.1, -0.05) is 23.4 Å². The summed E-state index contributed by atoms with van der Waals surface area (Å²) in [7, 11) is 0. The first-order valence-corrected chi connectivity index (χ1v) is 7.09. The van der Waals surface area contributed by atoms with Crippen molar-refractivity contribution in [3.63, 3.8) is 0 Å². The fourth-order valence-electron chi connectivity index (χ4n) is 2.29. The summed E-state index contributed by atoms with van der Waals surface area (Å²) in [5.41, 5.74) is 8.06. The molecule has 0 radical (unpaired) electrons. The van der Waals surface area contributed by atoms with Crippen LogP contribution in [0.4, 0.5) is 0 Å². The van der Waals surface area contributed by atoms with Gasteiger partial charge in [0, 0.05) is 36.4 Å². The molecule has 7 heteroatoms. The number of nitrogens with one attached hydrogen (secondary N) is 1. The lowest BCUT2D eigenvalue weighted by Gasteiger charge is -2.14. The Balaban J connectivity index is 0.00000192. The summed E-state index contributed by atoms with van der Waals surface area (Å²) in [6.45, 7) is 0.803. The van der Waals surface area contributed by atoms with E-state index in [1.807, 2.05) is 24.3 Å². The largest absolute Gasteiger partial charge is 0.489 e. The summed E-state index contributed by atoms with van der Waals surface area (Å²) >= 11 is 0. The van der Waals surface area contributed by atoms with Gasteiger partial charge in [-0.2, -0.15) is 0 Å². The van der Waals surface area contributed by atoms with Crippen molar-refractivity contribution in [1.82, 2.24) is 4.98 Å². The van der Waals surface area contributed by atoms with Crippen LogP contribution in [0.25, 0.3) is 11.1 Å². The highest BCUT2D eigenvalue weighted by Crippen LogP contribution is 2.29. The molecule has 122 valence electrons. The first-order valence-electron chi connectivity index (χ1n) is 7.09. The molecular formula is C16H18ClN3O3. The summed E-state index contributed by atoms with van der Waals surface area (Å²) in [5, 5.41) is 3.91. The molecule has 0 aliphatic carbocycles. The molecule has 1 aliphatic heterocycles. The molecule has 0 amide bonds. The van der Waals surface area contributed by atoms with Gasteiger partial charge in [-0.3, -0.25) is 4.79 Å². The number of aromatic amines is 1. The third-order valence-corrected chi connectivity index (χ3v) is 3.44. The summed E-state index contributed by atoms with van der Waals surface area (Å²) < 4.78 is 5.87. The lowest BCUT2D eigenvalue weighted by molar-refractivity contribution is 0.0472. The van der Waals surface area contributed by atoms with Crippen LogP contribution in [0, 0.1) is 0 Å². The first kappa shape index (κ1) is 17.1. The molecule has 1 aliphatic rings. The molecule has 1 aromatic carbocycles. The number of nitrogens with two attached hydrogens (primary N) is 1. The molecule has 0 saturated carbocycles. The monoisotopic (exact) mass is 335 g/mol. The predicted octanol–water partition coefficient (Wildman–Crippen LogP) is 1.95. The molecule has 1 aromatic heterocycles. The van der Waals surface area contributed by atoms with Crippen LogP contribution in [0.2, 0.25) is 0 Å². The maximum Gasteiger partial charge on any atom is 0.247 e. The molecule has 0 spiro atoms. The van der Waals surface area contributed by atoms with E-state index in [1.54, 1.807) is 12.3 Å². The quantitative estimate of drug-likeness (QED) is 0.873. The Hall–Kier alpha value is -2.31. The van der Waals surface area contributed by atoms with Gasteiger partial charge in [0.25, 0.3) is 0 Å². The van der Waals surface area contributed by atoms with Crippen molar-refractivity contribution >= 4 is 18.1 Å². The molecule has 0 saturated heterocycles. The summed E-state index contributed by atoms with van der Waals surface area (Å²) in [6, 6.07) is 10.9. The Morgan fingerprint density at radius 3 is 2.83 bits per heavy atom. The molecule has 6 nitrogen and oxygen atoms in total. The second-order valence-electron chi connectivity index (χ2n) is 5.04. The minimum atomic E-state index is -0.132. The maximum atomic E-state index is 11.2. The molecule has 1 unspecified atom stereocenters. The highest BCUT2D eigenvalue weighted by molar-refractivity contribution is 5.87. The number of hydrogen-bond acceptors (Lipinski definition) is 5. The molecule has 0 fully saturated rings. The Morgan fingerprint density at radius 1 is 1.30 bits per heavy atom. The van der Waals surface area contributed by atoms with Crippen LogP contribution < -0.4 is 16.0 Å². The van der Waals surface area contributed by atoms with Gasteiger partial charge < -0.3 is 20.3 Å². The predicted molar refractivity (Wildman–Crippen MR) is 91.2 cm³/mol. The van der Waals surface area contributed by atoms with E-state index in [-0.39, 0.29) is 24.1 Å². The number of benzene rings is 1. The normalized spacial score (nSPS) is 16.2. The second kappa shape index (κ2) is 7.80. The standard InChI is InChI=1S/C16H17N3O3.ClH/c17-8-12-7-13(22-19-12)10-21-15-4-2-1-3-14(15)11-5-6-16(20)18-9-11;/h1-6,9,13H,7-8,10,17H2,(H,18,20);1H. The minimum Gasteiger partial charge on any atom is -0.489 e. The number of H-pyrrole nitrogens is 1. The molecule has 3 rings (SSSR count). The zero-order chi connectivity index (χ0) is 15.4. The highest BCUT2D eigenvalue weighted by atomic mass is 35.5. The maximum absolute atomic E-state index is 11.2. The molecule has 23 heavy (non-hydrogen) atoms. The van der Waals surface area contributed by atoms with Crippen LogP contribution in [0.15, 0.2) is 52.5 Å². The number of oxime groups is 1. The average molecular weight is 336 g/mol. The number of halogens is 1. The van der Waals surface area contributed by atoms with Crippen LogP contribution in [0.1, 0.15) is 6.42 Å². The Morgan fingerprint density at radius 2 is 2.13 bits per heavy atom. The van der Waals surface area contributed by atoms with Crippen molar-refractivity contribution in [3.8, 4) is 16.9 Å². The average Bonchev–Trinajstić information content (AvgIpc) is 3.02. The smallest absolute Gasteiger partial charge is 0.247 e. The van der Waals surface area contributed by atoms with E-state index in [1.165, 1.54) is 6.07 Å². The van der Waals surface area contributed by atoms with Crippen LogP contribution in [-0.4, -0.2) is 30.0 Å². The fraction of sp³-hybridized carbons (Fsp3) is 0.250. The Kier molecular flexibility index (Phi) is 5.78. The van der Waals surface area contributed by atoms with Gasteiger partial charge >= 0.3 is 0 Å². The van der Waals surface area contributed by atoms with Crippen molar-refractivity contribution in [2.75, 3.05) is 13.2 Å². The van der Waals surface area contributed by atoms with Gasteiger partial charge in [0.2, 0.25) is 5.56 Å². The number of aromatic nitrogens is 1. The van der Waals surface area contributed by atoms with Gasteiger partial charge in [0.05, 0.1) is 5.71 Å². The lowest BCUT2D eigenvalue weighted by Crippen LogP contribution is -2.20. The van der Waals surface area contributed by atoms with E-state index in [0.29, 0.717) is 19.6 Å². The molecule has 2 heterocycles. The van der Waals surface area contributed by atoms with Crippen molar-refractivity contribution in [2.24, 2.45) is 10.9 Å². The minimum absolute atomic E-state index is 0. The summed E-state index contributed by atoms with van der Waals surface area (Å²) in [5.74, 6) is 0.736. The zero-order valence-corrected chi connectivity index (χ0v) is 13.2. The van der Waals surface area contributed by atoms with Crippen molar-refractivity contribution in [3.05, 3.63) is 52.9 Å². The third kappa shape index (κ3) is 4.12. The number of ether oxygens (including phenoxy) is 1. The van der Waals surface area contributed by atoms with E-state index in [2.05, 4.69) is 10.1 Å². The summed E-state index contributed by atoms with van der Waals surface area (Å²) in [4.78, 5) is 19.1. The van der Waals surface area contributed by atoms with Crippen LogP contribution in [0.3, 0.4) is 0 Å². The van der Waals surface area contributed by atoms with Crippen molar-refractivity contribution in [2.45, 2.75) is 12.5 Å². The van der Waals surface area contributed by atoms with Gasteiger partial charge in [0.15, 0.2) is 6.10 Å². The lowest BCUT2D eigenvalue weighted by atomic mass is 10.1. The van der Waals surface area contributed by atoms with Crippen LogP contribution in [-0.2, 0) is 4.84 Å². The molecule has 3 N–H and O–H groups in total. The first-order chi connectivity index (χ1) is 10.8. The van der Waals surface area contributed by atoms with E-state index >= 15 is 0 Å². The molecule has 2 aromatic rings. The van der Waals surface area contributed by atoms with Crippen molar-refractivity contribution < 1.29 is 9.57 Å².